The Labute approximate surface area is 74.8 Å². The highest BCUT2D eigenvalue weighted by Crippen LogP contribution is 2.31. The zero-order chi connectivity index (χ0) is 8.86. The van der Waals surface area contributed by atoms with Crippen molar-refractivity contribution in [3.05, 3.63) is 12.2 Å². The fourth-order valence-corrected chi connectivity index (χ4v) is 1.87. The van der Waals surface area contributed by atoms with E-state index in [2.05, 4.69) is 6.08 Å². The summed E-state index contributed by atoms with van der Waals surface area (Å²) in [5.74, 6) is 0. The van der Waals surface area contributed by atoms with Crippen LogP contribution in [0.4, 0.5) is 0 Å². The van der Waals surface area contributed by atoms with Crippen LogP contribution in [0.3, 0.4) is 0 Å². The van der Waals surface area contributed by atoms with Gasteiger partial charge in [0.15, 0.2) is 0 Å². The summed E-state index contributed by atoms with van der Waals surface area (Å²) < 4.78 is 5.54. The summed E-state index contributed by atoms with van der Waals surface area (Å²) in [6.07, 6.45) is 10.4. The van der Waals surface area contributed by atoms with Gasteiger partial charge in [0.1, 0.15) is 0 Å². The normalized spacial score (nSPS) is 23.2. The molecule has 0 heterocycles. The van der Waals surface area contributed by atoms with Crippen LogP contribution < -0.4 is 5.73 Å². The van der Waals surface area contributed by atoms with E-state index in [1.54, 1.807) is 7.11 Å². The van der Waals surface area contributed by atoms with Crippen LogP contribution in [0.15, 0.2) is 12.2 Å². The predicted molar refractivity (Wildman–Crippen MR) is 51.0 cm³/mol. The third-order valence-electron chi connectivity index (χ3n) is 2.66. The summed E-state index contributed by atoms with van der Waals surface area (Å²) in [5.41, 5.74) is 5.43. The molecule has 1 aliphatic carbocycles. The fourth-order valence-electron chi connectivity index (χ4n) is 1.87. The van der Waals surface area contributed by atoms with Crippen molar-refractivity contribution in [3.63, 3.8) is 0 Å². The Balaban J connectivity index is 2.53. The van der Waals surface area contributed by atoms with Gasteiger partial charge < -0.3 is 10.5 Å². The van der Waals surface area contributed by atoms with E-state index >= 15 is 0 Å². The van der Waals surface area contributed by atoms with E-state index in [4.69, 9.17) is 10.5 Å². The van der Waals surface area contributed by atoms with Gasteiger partial charge in [-0.05, 0) is 12.8 Å². The van der Waals surface area contributed by atoms with Crippen LogP contribution in [0.2, 0.25) is 0 Å². The standard InChI is InChI=1S/C10H19NO/c1-12-10(8-5-9-11)6-3-2-4-7-10/h5,8H,2-4,6-7,9,11H2,1H3/b8-5+. The summed E-state index contributed by atoms with van der Waals surface area (Å²) in [6, 6.07) is 0. The molecule has 0 saturated heterocycles. The van der Waals surface area contributed by atoms with Gasteiger partial charge in [0, 0.05) is 13.7 Å². The van der Waals surface area contributed by atoms with Crippen molar-refractivity contribution in [1.82, 2.24) is 0 Å². The number of hydrogen-bond acceptors (Lipinski definition) is 2. The molecule has 1 rings (SSSR count). The summed E-state index contributed by atoms with van der Waals surface area (Å²) in [7, 11) is 1.80. The molecule has 0 aromatic rings. The van der Waals surface area contributed by atoms with Crippen LogP contribution in [0, 0.1) is 0 Å². The smallest absolute Gasteiger partial charge is 0.0859 e. The quantitative estimate of drug-likeness (QED) is 0.654. The third kappa shape index (κ3) is 2.32. The van der Waals surface area contributed by atoms with Crippen LogP contribution >= 0.6 is 0 Å². The highest BCUT2D eigenvalue weighted by molar-refractivity contribution is 5.03. The van der Waals surface area contributed by atoms with Gasteiger partial charge in [-0.3, -0.25) is 0 Å². The van der Waals surface area contributed by atoms with E-state index in [-0.39, 0.29) is 5.60 Å². The molecule has 0 bridgehead atoms. The lowest BCUT2D eigenvalue weighted by Crippen LogP contribution is -2.31. The molecular formula is C10H19NO. The molecule has 12 heavy (non-hydrogen) atoms. The van der Waals surface area contributed by atoms with Crippen LogP contribution in [-0.4, -0.2) is 19.3 Å². The number of methoxy groups -OCH3 is 1. The Morgan fingerprint density at radius 1 is 1.33 bits per heavy atom. The summed E-state index contributed by atoms with van der Waals surface area (Å²) in [4.78, 5) is 0. The van der Waals surface area contributed by atoms with Crippen LogP contribution in [0.5, 0.6) is 0 Å². The first-order chi connectivity index (χ1) is 5.83. The van der Waals surface area contributed by atoms with E-state index in [0.29, 0.717) is 6.54 Å². The topological polar surface area (TPSA) is 35.2 Å². The van der Waals surface area contributed by atoms with Crippen LogP contribution in [0.25, 0.3) is 0 Å². The van der Waals surface area contributed by atoms with Gasteiger partial charge in [-0.1, -0.05) is 31.4 Å². The first kappa shape index (κ1) is 9.75. The van der Waals surface area contributed by atoms with Crippen LogP contribution in [0.1, 0.15) is 32.1 Å². The lowest BCUT2D eigenvalue weighted by molar-refractivity contribution is 0.00190. The molecular weight excluding hydrogens is 150 g/mol. The fraction of sp³-hybridized carbons (Fsp3) is 0.800. The molecule has 2 nitrogen and oxygen atoms in total. The van der Waals surface area contributed by atoms with E-state index in [1.807, 2.05) is 6.08 Å². The van der Waals surface area contributed by atoms with Crippen molar-refractivity contribution in [2.75, 3.05) is 13.7 Å². The Kier molecular flexibility index (Phi) is 3.76. The molecule has 1 saturated carbocycles. The Morgan fingerprint density at radius 2 is 2.00 bits per heavy atom. The zero-order valence-electron chi connectivity index (χ0n) is 7.88. The highest BCUT2D eigenvalue weighted by atomic mass is 16.5. The second-order valence-corrected chi connectivity index (χ2v) is 3.47. The molecule has 0 amide bonds. The molecule has 0 atom stereocenters. The first-order valence-electron chi connectivity index (χ1n) is 4.76. The predicted octanol–water partition coefficient (Wildman–Crippen LogP) is 1.85. The maximum Gasteiger partial charge on any atom is 0.0859 e. The summed E-state index contributed by atoms with van der Waals surface area (Å²) in [5, 5.41) is 0. The third-order valence-corrected chi connectivity index (χ3v) is 2.66. The summed E-state index contributed by atoms with van der Waals surface area (Å²) in [6.45, 7) is 0.616. The van der Waals surface area contributed by atoms with Gasteiger partial charge in [0.2, 0.25) is 0 Å². The minimum atomic E-state index is 0.0115. The van der Waals surface area contributed by atoms with Crippen molar-refractivity contribution in [2.45, 2.75) is 37.7 Å². The lowest BCUT2D eigenvalue weighted by atomic mass is 9.84. The van der Waals surface area contributed by atoms with E-state index < -0.39 is 0 Å². The first-order valence-corrected chi connectivity index (χ1v) is 4.76. The highest BCUT2D eigenvalue weighted by Gasteiger charge is 2.28. The minimum Gasteiger partial charge on any atom is -0.374 e. The second-order valence-electron chi connectivity index (χ2n) is 3.47. The maximum atomic E-state index is 5.54. The zero-order valence-corrected chi connectivity index (χ0v) is 7.88. The van der Waals surface area contributed by atoms with Gasteiger partial charge in [-0.25, -0.2) is 0 Å². The van der Waals surface area contributed by atoms with E-state index in [9.17, 15) is 0 Å². The minimum absolute atomic E-state index is 0.0115. The summed E-state index contributed by atoms with van der Waals surface area (Å²) >= 11 is 0. The molecule has 1 aliphatic rings. The lowest BCUT2D eigenvalue weighted by Gasteiger charge is -2.33. The van der Waals surface area contributed by atoms with Crippen molar-refractivity contribution < 1.29 is 4.74 Å². The maximum absolute atomic E-state index is 5.54. The van der Waals surface area contributed by atoms with E-state index in [0.717, 1.165) is 12.8 Å². The Hall–Kier alpha value is -0.340. The molecule has 0 unspecified atom stereocenters. The van der Waals surface area contributed by atoms with Gasteiger partial charge in [0.25, 0.3) is 0 Å². The molecule has 2 heteroatoms. The molecule has 1 fully saturated rings. The average molecular weight is 169 g/mol. The van der Waals surface area contributed by atoms with E-state index in [1.165, 1.54) is 19.3 Å². The molecule has 2 N–H and O–H groups in total. The number of rotatable bonds is 3. The monoisotopic (exact) mass is 169 g/mol. The number of ether oxygens (including phenoxy) is 1. The molecule has 0 spiro atoms. The molecule has 70 valence electrons. The van der Waals surface area contributed by atoms with Gasteiger partial charge >= 0.3 is 0 Å². The van der Waals surface area contributed by atoms with Crippen molar-refractivity contribution in [2.24, 2.45) is 5.73 Å². The van der Waals surface area contributed by atoms with Gasteiger partial charge in [-0.2, -0.15) is 0 Å². The largest absolute Gasteiger partial charge is 0.374 e. The average Bonchev–Trinajstić information content (AvgIpc) is 2.16. The SMILES string of the molecule is COC1(/C=C/CN)CCCCC1. The Bertz CT molecular complexity index is 148. The van der Waals surface area contributed by atoms with Crippen molar-refractivity contribution >= 4 is 0 Å². The van der Waals surface area contributed by atoms with Crippen molar-refractivity contribution in [1.29, 1.82) is 0 Å². The number of nitrogens with two attached hydrogens (primary N) is 1. The van der Waals surface area contributed by atoms with Crippen LogP contribution in [-0.2, 0) is 4.74 Å². The van der Waals surface area contributed by atoms with Gasteiger partial charge in [-0.15, -0.1) is 0 Å². The number of hydrogen-bond donors (Lipinski definition) is 1. The molecule has 0 aromatic carbocycles. The molecule has 0 aromatic heterocycles. The second kappa shape index (κ2) is 4.63. The molecule has 0 aliphatic heterocycles. The molecule has 0 radical (unpaired) electrons. The van der Waals surface area contributed by atoms with Gasteiger partial charge in [0.05, 0.1) is 5.60 Å². The Morgan fingerprint density at radius 3 is 2.50 bits per heavy atom. The van der Waals surface area contributed by atoms with Crippen molar-refractivity contribution in [3.8, 4) is 0 Å².